The lowest BCUT2D eigenvalue weighted by Gasteiger charge is -2.13. The average Bonchev–Trinajstić information content (AvgIpc) is 2.91. The van der Waals surface area contributed by atoms with Crippen LogP contribution in [-0.4, -0.2) is 9.78 Å². The van der Waals surface area contributed by atoms with Crippen molar-refractivity contribution in [2.24, 2.45) is 5.73 Å². The molecule has 0 radical (unpaired) electrons. The SMILES string of the molecule is CCC(CC)n1ccc(CC(N)c2ccc(Cl)c(F)c2)n1. The van der Waals surface area contributed by atoms with Crippen LogP contribution in [0.4, 0.5) is 4.39 Å². The van der Waals surface area contributed by atoms with Gasteiger partial charge in [0.1, 0.15) is 5.82 Å². The number of halogens is 2. The van der Waals surface area contributed by atoms with Crippen molar-refractivity contribution < 1.29 is 4.39 Å². The Morgan fingerprint density at radius 2 is 2.00 bits per heavy atom. The van der Waals surface area contributed by atoms with E-state index in [-0.39, 0.29) is 11.1 Å². The first-order chi connectivity index (χ1) is 10.0. The highest BCUT2D eigenvalue weighted by atomic mass is 35.5. The Bertz CT molecular complexity index is 593. The molecule has 3 nitrogen and oxygen atoms in total. The molecule has 0 saturated heterocycles. The zero-order valence-electron chi connectivity index (χ0n) is 12.4. The molecule has 2 N–H and O–H groups in total. The fourth-order valence-electron chi connectivity index (χ4n) is 2.44. The Balaban J connectivity index is 2.08. The first-order valence-electron chi connectivity index (χ1n) is 7.29. The molecule has 0 saturated carbocycles. The van der Waals surface area contributed by atoms with Crippen LogP contribution in [0.15, 0.2) is 30.5 Å². The van der Waals surface area contributed by atoms with E-state index in [1.54, 1.807) is 6.07 Å². The molecule has 0 amide bonds. The third-order valence-corrected chi connectivity index (χ3v) is 4.09. The van der Waals surface area contributed by atoms with Gasteiger partial charge in [0.25, 0.3) is 0 Å². The molecule has 2 aromatic rings. The Morgan fingerprint density at radius 1 is 1.29 bits per heavy atom. The van der Waals surface area contributed by atoms with Gasteiger partial charge in [-0.2, -0.15) is 5.10 Å². The highest BCUT2D eigenvalue weighted by molar-refractivity contribution is 6.30. The first kappa shape index (κ1) is 16.0. The molecule has 0 aliphatic heterocycles. The van der Waals surface area contributed by atoms with Crippen LogP contribution in [-0.2, 0) is 6.42 Å². The van der Waals surface area contributed by atoms with Gasteiger partial charge in [-0.05, 0) is 36.6 Å². The Kier molecular flexibility index (Phi) is 5.37. The number of nitrogens with two attached hydrogens (primary N) is 1. The lowest BCUT2D eigenvalue weighted by Crippen LogP contribution is -2.15. The Morgan fingerprint density at radius 3 is 2.62 bits per heavy atom. The van der Waals surface area contributed by atoms with Gasteiger partial charge in [0.05, 0.1) is 16.8 Å². The molecule has 1 unspecified atom stereocenters. The van der Waals surface area contributed by atoms with E-state index in [1.165, 1.54) is 12.1 Å². The van der Waals surface area contributed by atoms with Crippen LogP contribution in [0, 0.1) is 5.82 Å². The Hall–Kier alpha value is -1.39. The summed E-state index contributed by atoms with van der Waals surface area (Å²) in [6.45, 7) is 4.30. The van der Waals surface area contributed by atoms with E-state index in [2.05, 4.69) is 18.9 Å². The van der Waals surface area contributed by atoms with Crippen LogP contribution in [0.25, 0.3) is 0 Å². The summed E-state index contributed by atoms with van der Waals surface area (Å²) in [4.78, 5) is 0. The van der Waals surface area contributed by atoms with Gasteiger partial charge in [0.2, 0.25) is 0 Å². The predicted octanol–water partition coefficient (Wildman–Crippen LogP) is 4.28. The number of benzene rings is 1. The van der Waals surface area contributed by atoms with Gasteiger partial charge in [-0.3, -0.25) is 4.68 Å². The number of rotatable bonds is 6. The maximum absolute atomic E-state index is 13.5. The van der Waals surface area contributed by atoms with Gasteiger partial charge >= 0.3 is 0 Å². The molecule has 1 heterocycles. The van der Waals surface area contributed by atoms with E-state index in [1.807, 2.05) is 16.9 Å². The summed E-state index contributed by atoms with van der Waals surface area (Å²) in [5, 5.41) is 4.69. The normalized spacial score (nSPS) is 12.9. The minimum atomic E-state index is -0.438. The van der Waals surface area contributed by atoms with Gasteiger partial charge in [-0.25, -0.2) is 4.39 Å². The molecule has 5 heteroatoms. The number of aromatic nitrogens is 2. The van der Waals surface area contributed by atoms with Gasteiger partial charge in [-0.15, -0.1) is 0 Å². The minimum absolute atomic E-state index is 0.115. The summed E-state index contributed by atoms with van der Waals surface area (Å²) < 4.78 is 15.5. The number of hydrogen-bond acceptors (Lipinski definition) is 2. The van der Waals surface area contributed by atoms with E-state index in [0.717, 1.165) is 24.1 Å². The number of hydrogen-bond donors (Lipinski definition) is 1. The first-order valence-corrected chi connectivity index (χ1v) is 7.67. The van der Waals surface area contributed by atoms with Crippen molar-refractivity contribution in [1.82, 2.24) is 9.78 Å². The Labute approximate surface area is 129 Å². The van der Waals surface area contributed by atoms with Gasteiger partial charge < -0.3 is 5.73 Å². The fourth-order valence-corrected chi connectivity index (χ4v) is 2.56. The van der Waals surface area contributed by atoms with Gasteiger partial charge in [0, 0.05) is 18.7 Å². The highest BCUT2D eigenvalue weighted by Crippen LogP contribution is 2.22. The summed E-state index contributed by atoms with van der Waals surface area (Å²) in [5.74, 6) is -0.438. The lowest BCUT2D eigenvalue weighted by molar-refractivity contribution is 0.424. The van der Waals surface area contributed by atoms with E-state index in [0.29, 0.717) is 12.5 Å². The molecule has 0 aliphatic carbocycles. The minimum Gasteiger partial charge on any atom is -0.324 e. The molecule has 2 rings (SSSR count). The van der Waals surface area contributed by atoms with Crippen LogP contribution in [0.5, 0.6) is 0 Å². The van der Waals surface area contributed by atoms with E-state index in [9.17, 15) is 4.39 Å². The lowest BCUT2D eigenvalue weighted by atomic mass is 10.0. The van der Waals surface area contributed by atoms with Crippen molar-refractivity contribution in [2.45, 2.75) is 45.2 Å². The summed E-state index contributed by atoms with van der Waals surface area (Å²) in [6, 6.07) is 6.79. The highest BCUT2D eigenvalue weighted by Gasteiger charge is 2.13. The van der Waals surface area contributed by atoms with Crippen LogP contribution in [0.3, 0.4) is 0 Å². The summed E-state index contributed by atoms with van der Waals surface area (Å²) in [6.07, 6.45) is 4.66. The van der Waals surface area contributed by atoms with Gasteiger partial charge in [0.15, 0.2) is 0 Å². The van der Waals surface area contributed by atoms with E-state index in [4.69, 9.17) is 17.3 Å². The quantitative estimate of drug-likeness (QED) is 0.865. The van der Waals surface area contributed by atoms with Crippen molar-refractivity contribution in [2.75, 3.05) is 0 Å². The van der Waals surface area contributed by atoms with Crippen molar-refractivity contribution in [3.05, 3.63) is 52.6 Å². The molecule has 0 aliphatic rings. The molecule has 1 atom stereocenters. The third kappa shape index (κ3) is 3.83. The van der Waals surface area contributed by atoms with Gasteiger partial charge in [-0.1, -0.05) is 31.5 Å². The van der Waals surface area contributed by atoms with Crippen molar-refractivity contribution in [3.8, 4) is 0 Å². The van der Waals surface area contributed by atoms with E-state index >= 15 is 0 Å². The molecular formula is C16H21ClFN3. The standard InChI is InChI=1S/C16H21ClFN3/c1-3-13(4-2)21-8-7-12(20-21)10-16(19)11-5-6-14(17)15(18)9-11/h5-9,13,16H,3-4,10,19H2,1-2H3. The summed E-state index contributed by atoms with van der Waals surface area (Å²) >= 11 is 5.68. The van der Waals surface area contributed by atoms with Crippen LogP contribution in [0.2, 0.25) is 5.02 Å². The van der Waals surface area contributed by atoms with Crippen molar-refractivity contribution in [1.29, 1.82) is 0 Å². The molecular weight excluding hydrogens is 289 g/mol. The molecule has 0 spiro atoms. The average molecular weight is 310 g/mol. The topological polar surface area (TPSA) is 43.8 Å². The second-order valence-corrected chi connectivity index (χ2v) is 5.65. The molecule has 114 valence electrons. The summed E-state index contributed by atoms with van der Waals surface area (Å²) in [5.41, 5.74) is 7.79. The molecule has 0 bridgehead atoms. The van der Waals surface area contributed by atoms with E-state index < -0.39 is 5.82 Å². The molecule has 21 heavy (non-hydrogen) atoms. The maximum Gasteiger partial charge on any atom is 0.142 e. The molecule has 0 fully saturated rings. The molecule has 1 aromatic heterocycles. The van der Waals surface area contributed by atoms with Crippen molar-refractivity contribution in [3.63, 3.8) is 0 Å². The monoisotopic (exact) mass is 309 g/mol. The van der Waals surface area contributed by atoms with Crippen LogP contribution in [0.1, 0.15) is 50.0 Å². The predicted molar refractivity (Wildman–Crippen MR) is 83.9 cm³/mol. The zero-order chi connectivity index (χ0) is 15.4. The fraction of sp³-hybridized carbons (Fsp3) is 0.438. The summed E-state index contributed by atoms with van der Waals surface area (Å²) in [7, 11) is 0. The maximum atomic E-state index is 13.5. The van der Waals surface area contributed by atoms with Crippen LogP contribution < -0.4 is 5.73 Å². The van der Waals surface area contributed by atoms with Crippen LogP contribution >= 0.6 is 11.6 Å². The second-order valence-electron chi connectivity index (χ2n) is 5.24. The largest absolute Gasteiger partial charge is 0.324 e. The zero-order valence-corrected chi connectivity index (χ0v) is 13.1. The second kappa shape index (κ2) is 7.05. The molecule has 1 aromatic carbocycles. The van der Waals surface area contributed by atoms with Crippen molar-refractivity contribution >= 4 is 11.6 Å². The third-order valence-electron chi connectivity index (χ3n) is 3.78. The number of nitrogens with zero attached hydrogens (tertiary/aromatic N) is 2. The smallest absolute Gasteiger partial charge is 0.142 e.